The van der Waals surface area contributed by atoms with E-state index in [1.807, 2.05) is 27.7 Å². The highest BCUT2D eigenvalue weighted by molar-refractivity contribution is 7.86. The van der Waals surface area contributed by atoms with E-state index in [-0.39, 0.29) is 22.6 Å². The second-order valence-electron chi connectivity index (χ2n) is 17.0. The zero-order valence-electron chi connectivity index (χ0n) is 33.2. The lowest BCUT2D eigenvalue weighted by molar-refractivity contribution is -0.443. The smallest absolute Gasteiger partial charge is 0.303 e. The summed E-state index contributed by atoms with van der Waals surface area (Å²) >= 11 is 0. The summed E-state index contributed by atoms with van der Waals surface area (Å²) in [6, 6.07) is 9.29. The van der Waals surface area contributed by atoms with Gasteiger partial charge in [-0.25, -0.2) is 0 Å². The van der Waals surface area contributed by atoms with Gasteiger partial charge in [-0.3, -0.25) is 18.7 Å². The molecule has 2 aromatic rings. The van der Waals surface area contributed by atoms with Gasteiger partial charge in [0.05, 0.1) is 20.6 Å². The summed E-state index contributed by atoms with van der Waals surface area (Å²) < 4.78 is 70.6. The molecule has 0 saturated heterocycles. The van der Waals surface area contributed by atoms with Crippen LogP contribution in [0.2, 0.25) is 0 Å². The van der Waals surface area contributed by atoms with Gasteiger partial charge in [0.2, 0.25) is 5.69 Å². The molecular formula is C41H57N2O10S2+. The number of aliphatic carboxylic acids is 2. The minimum atomic E-state index is -4.45. The average Bonchev–Trinajstić information content (AvgIpc) is 3.40. The number of fused-ring (bicyclic) bond motifs is 2. The molecule has 0 unspecified atom stereocenters. The number of hydrogen-bond donors (Lipinski definition) is 4. The Bertz CT molecular complexity index is 2140. The molecule has 4 N–H and O–H groups in total. The van der Waals surface area contributed by atoms with E-state index < -0.39 is 53.8 Å². The molecule has 0 fully saturated rings. The number of allylic oxidation sites excluding steroid dienone is 4. The van der Waals surface area contributed by atoms with Crippen LogP contribution in [0.25, 0.3) is 0 Å². The number of anilines is 1. The van der Waals surface area contributed by atoms with Gasteiger partial charge in [0.25, 0.3) is 20.2 Å². The first-order valence-corrected chi connectivity index (χ1v) is 21.6. The lowest BCUT2D eigenvalue weighted by Gasteiger charge is -2.32. The molecule has 2 aromatic carbocycles. The summed E-state index contributed by atoms with van der Waals surface area (Å²) in [7, 11) is -8.89. The molecule has 0 aliphatic carbocycles. The molecule has 0 atom stereocenters. The number of carboxylic acid groups (broad SMARTS) is 2. The molecule has 2 heterocycles. The summed E-state index contributed by atoms with van der Waals surface area (Å²) in [5.41, 5.74) is 2.72. The van der Waals surface area contributed by atoms with Crippen LogP contribution < -0.4 is 4.90 Å². The molecule has 302 valence electrons. The first-order valence-electron chi connectivity index (χ1n) is 18.7. The number of rotatable bonds is 18. The maximum atomic E-state index is 12.2. The third-order valence-corrected chi connectivity index (χ3v) is 12.5. The van der Waals surface area contributed by atoms with Gasteiger partial charge in [-0.05, 0) is 89.3 Å². The maximum absolute atomic E-state index is 12.2. The predicted octanol–water partition coefficient (Wildman–Crippen LogP) is 8.14. The van der Waals surface area contributed by atoms with E-state index in [9.17, 15) is 35.5 Å². The van der Waals surface area contributed by atoms with Crippen LogP contribution >= 0.6 is 0 Å². The van der Waals surface area contributed by atoms with Crippen molar-refractivity contribution >= 4 is 49.3 Å². The van der Waals surface area contributed by atoms with Crippen molar-refractivity contribution in [2.24, 2.45) is 10.8 Å². The maximum Gasteiger partial charge on any atom is 0.303 e. The van der Waals surface area contributed by atoms with Gasteiger partial charge < -0.3 is 15.1 Å². The van der Waals surface area contributed by atoms with Crippen LogP contribution in [0.1, 0.15) is 118 Å². The first kappa shape index (κ1) is 43.9. The molecule has 12 nitrogen and oxygen atoms in total. The van der Waals surface area contributed by atoms with Gasteiger partial charge in [-0.15, -0.1) is 0 Å². The van der Waals surface area contributed by atoms with E-state index in [4.69, 9.17) is 10.2 Å². The van der Waals surface area contributed by atoms with Crippen molar-refractivity contribution in [2.45, 2.75) is 127 Å². The molecular weight excluding hydrogens is 745 g/mol. The number of carboxylic acids is 2. The third-order valence-electron chi connectivity index (χ3n) is 10.8. The molecule has 0 spiro atoms. The Labute approximate surface area is 326 Å². The molecule has 0 saturated carbocycles. The van der Waals surface area contributed by atoms with Crippen molar-refractivity contribution in [1.82, 2.24) is 0 Å². The fourth-order valence-corrected chi connectivity index (χ4v) is 9.26. The molecule has 55 heavy (non-hydrogen) atoms. The zero-order chi connectivity index (χ0) is 41.4. The Morgan fingerprint density at radius 3 is 1.80 bits per heavy atom. The minimum Gasteiger partial charge on any atom is -0.481 e. The lowest BCUT2D eigenvalue weighted by atomic mass is 9.69. The van der Waals surface area contributed by atoms with Gasteiger partial charge in [-0.2, -0.15) is 21.4 Å². The lowest BCUT2D eigenvalue weighted by Crippen LogP contribution is -2.40. The molecule has 0 aromatic heterocycles. The van der Waals surface area contributed by atoms with E-state index in [0.29, 0.717) is 51.6 Å². The minimum absolute atomic E-state index is 0.0842. The van der Waals surface area contributed by atoms with Crippen molar-refractivity contribution < 1.29 is 50.3 Å². The van der Waals surface area contributed by atoms with Gasteiger partial charge >= 0.3 is 11.9 Å². The van der Waals surface area contributed by atoms with Crippen molar-refractivity contribution in [2.75, 3.05) is 18.0 Å². The van der Waals surface area contributed by atoms with Crippen LogP contribution in [0, 0.1) is 10.8 Å². The molecule has 0 amide bonds. The molecule has 14 heteroatoms. The Morgan fingerprint density at radius 2 is 1.25 bits per heavy atom. The highest BCUT2D eigenvalue weighted by atomic mass is 32.2. The number of hydrogen-bond acceptors (Lipinski definition) is 7. The number of carbonyl (C=O) groups is 2. The number of unbranched alkanes of at least 4 members (excludes halogenated alkanes) is 4. The van der Waals surface area contributed by atoms with E-state index in [2.05, 4.69) is 55.4 Å². The van der Waals surface area contributed by atoms with Crippen LogP contribution in [0.4, 0.5) is 11.4 Å². The Kier molecular flexibility index (Phi) is 12.7. The summed E-state index contributed by atoms with van der Waals surface area (Å²) in [5.74, 6) is -1.68. The van der Waals surface area contributed by atoms with E-state index in [1.165, 1.54) is 24.3 Å². The number of nitrogens with zero attached hydrogens (tertiary/aromatic N) is 2. The highest BCUT2D eigenvalue weighted by Gasteiger charge is 2.52. The Hall–Kier alpha value is -3.85. The van der Waals surface area contributed by atoms with Gasteiger partial charge in [0, 0.05) is 59.7 Å². The summed E-state index contributed by atoms with van der Waals surface area (Å²) in [6.07, 6.45) is 10.5. The number of benzene rings is 2. The SMILES string of the molecule is CC(C)(/C=C/C(C)(C)C1=[N+](CCCCCC(=O)O)c2ccc(S(=O)(=O)O)cc2C1(C)C)/C=C1/N(CCCCCC(=O)O)c2ccc(S(=O)(=O)O)cc2C1(C)C. The van der Waals surface area contributed by atoms with Crippen molar-refractivity contribution in [1.29, 1.82) is 0 Å². The Morgan fingerprint density at radius 1 is 0.727 bits per heavy atom. The van der Waals surface area contributed by atoms with Crippen molar-refractivity contribution in [3.05, 3.63) is 71.5 Å². The molecule has 2 aliphatic heterocycles. The molecule has 2 aliphatic rings. The van der Waals surface area contributed by atoms with Crippen molar-refractivity contribution in [3.63, 3.8) is 0 Å². The fraction of sp³-hybridized carbons (Fsp3) is 0.537. The normalized spacial score (nSPS) is 17.6. The first-order chi connectivity index (χ1) is 25.2. The highest BCUT2D eigenvalue weighted by Crippen LogP contribution is 2.51. The average molecular weight is 802 g/mol. The standard InChI is InChI=1S/C41H56N2O10S2/c1-38(2,27-34-40(5,6)30-25-28(54(48,49)50)17-19-32(30)42(34)23-13-9-11-15-35(44)45)21-22-39(3,4)37-41(7,8)31-26-29(55(51,52)53)18-20-33(31)43(37)24-14-10-12-16-36(46)47/h17-22,25-27H,9-16,23-24H2,1-8H3,(H3-,44,45,46,47,48,49,50,51,52,53)/p+1/b22-21+,34-27+. The van der Waals surface area contributed by atoms with Crippen LogP contribution in [0.15, 0.2) is 70.1 Å². The third kappa shape index (κ3) is 9.94. The fourth-order valence-electron chi connectivity index (χ4n) is 8.25. The summed E-state index contributed by atoms with van der Waals surface area (Å²) in [6.45, 7) is 17.6. The van der Waals surface area contributed by atoms with Gasteiger partial charge in [0.1, 0.15) is 6.54 Å². The van der Waals surface area contributed by atoms with E-state index in [0.717, 1.165) is 33.9 Å². The van der Waals surface area contributed by atoms with Crippen molar-refractivity contribution in [3.8, 4) is 0 Å². The molecule has 4 rings (SSSR count). The van der Waals surface area contributed by atoms with Crippen LogP contribution in [0.5, 0.6) is 0 Å². The quantitative estimate of drug-likeness (QED) is 0.0493. The largest absolute Gasteiger partial charge is 0.481 e. The van der Waals surface area contributed by atoms with Crippen LogP contribution in [-0.2, 0) is 40.7 Å². The Balaban J connectivity index is 1.76. The monoisotopic (exact) mass is 801 g/mol. The van der Waals surface area contributed by atoms with Crippen LogP contribution in [-0.4, -0.2) is 71.5 Å². The second kappa shape index (κ2) is 16.0. The molecule has 0 bridgehead atoms. The van der Waals surface area contributed by atoms with Crippen LogP contribution in [0.3, 0.4) is 0 Å². The van der Waals surface area contributed by atoms with Gasteiger partial charge in [0.15, 0.2) is 5.71 Å². The van der Waals surface area contributed by atoms with E-state index >= 15 is 0 Å². The topological polar surface area (TPSA) is 190 Å². The van der Waals surface area contributed by atoms with Gasteiger partial charge in [-0.1, -0.05) is 52.3 Å². The predicted molar refractivity (Wildman–Crippen MR) is 213 cm³/mol. The zero-order valence-corrected chi connectivity index (χ0v) is 34.8. The second-order valence-corrected chi connectivity index (χ2v) is 19.9. The summed E-state index contributed by atoms with van der Waals surface area (Å²) in [5, 5.41) is 18.3. The van der Waals surface area contributed by atoms with E-state index in [1.54, 1.807) is 12.1 Å². The summed E-state index contributed by atoms with van der Waals surface area (Å²) in [4.78, 5) is 24.0. The molecule has 0 radical (unpaired) electrons.